The fourth-order valence-corrected chi connectivity index (χ4v) is 2.30. The van der Waals surface area contributed by atoms with E-state index >= 15 is 0 Å². The van der Waals surface area contributed by atoms with Gasteiger partial charge in [-0.3, -0.25) is 4.79 Å². The molecule has 3 heteroatoms. The van der Waals surface area contributed by atoms with Gasteiger partial charge in [0.2, 0.25) is 0 Å². The highest BCUT2D eigenvalue weighted by atomic mass is 16.5. The molecule has 0 bridgehead atoms. The third kappa shape index (κ3) is 2.03. The molecule has 0 saturated heterocycles. The van der Waals surface area contributed by atoms with Crippen molar-refractivity contribution < 1.29 is 9.53 Å². The Balaban J connectivity index is 2.37. The predicted octanol–water partition coefficient (Wildman–Crippen LogP) is 2.96. The van der Waals surface area contributed by atoms with Gasteiger partial charge in [0.15, 0.2) is 5.78 Å². The largest absolute Gasteiger partial charge is 0.486 e. The second kappa shape index (κ2) is 4.21. The van der Waals surface area contributed by atoms with Gasteiger partial charge in [-0.2, -0.15) is 5.26 Å². The maximum absolute atomic E-state index is 12.3. The summed E-state index contributed by atoms with van der Waals surface area (Å²) in [6, 6.07) is 9.38. The van der Waals surface area contributed by atoms with E-state index in [1.54, 1.807) is 6.07 Å². The van der Waals surface area contributed by atoms with Crippen molar-refractivity contribution in [2.75, 3.05) is 0 Å². The fourth-order valence-electron chi connectivity index (χ4n) is 2.30. The van der Waals surface area contributed by atoms with Gasteiger partial charge in [-0.25, -0.2) is 0 Å². The van der Waals surface area contributed by atoms with E-state index in [9.17, 15) is 4.79 Å². The van der Waals surface area contributed by atoms with Crippen LogP contribution in [-0.4, -0.2) is 11.4 Å². The lowest BCUT2D eigenvalue weighted by atomic mass is 9.79. The average molecular weight is 229 g/mol. The smallest absolute Gasteiger partial charge is 0.173 e. The Morgan fingerprint density at radius 3 is 2.82 bits per heavy atom. The molecule has 0 aromatic heterocycles. The Morgan fingerprint density at radius 2 is 2.12 bits per heavy atom. The van der Waals surface area contributed by atoms with Crippen LogP contribution < -0.4 is 4.74 Å². The fraction of sp³-hybridized carbons (Fsp3) is 0.429. The van der Waals surface area contributed by atoms with Crippen LogP contribution >= 0.6 is 0 Å². The monoisotopic (exact) mass is 229 g/mol. The summed E-state index contributed by atoms with van der Waals surface area (Å²) in [7, 11) is 0. The van der Waals surface area contributed by atoms with Gasteiger partial charge in [0.25, 0.3) is 0 Å². The number of carbonyl (C=O) groups excluding carboxylic acids is 1. The van der Waals surface area contributed by atoms with Crippen LogP contribution in [0.4, 0.5) is 0 Å². The number of hydrogen-bond acceptors (Lipinski definition) is 3. The third-order valence-corrected chi connectivity index (χ3v) is 3.23. The van der Waals surface area contributed by atoms with Gasteiger partial charge < -0.3 is 4.74 Å². The molecule has 1 aromatic rings. The third-order valence-electron chi connectivity index (χ3n) is 3.23. The molecule has 1 aliphatic heterocycles. The summed E-state index contributed by atoms with van der Waals surface area (Å²) in [5.41, 5.74) is 0.0946. The number of nitrogens with zero attached hydrogens (tertiary/aromatic N) is 1. The van der Waals surface area contributed by atoms with Crippen LogP contribution in [0.25, 0.3) is 0 Å². The summed E-state index contributed by atoms with van der Waals surface area (Å²) in [4.78, 5) is 12.3. The van der Waals surface area contributed by atoms with E-state index in [0.29, 0.717) is 24.2 Å². The normalized spacial score (nSPS) is 21.2. The first-order valence-electron chi connectivity index (χ1n) is 5.75. The van der Waals surface area contributed by atoms with Crippen LogP contribution in [0.5, 0.6) is 5.75 Å². The average Bonchev–Trinajstić information content (AvgIpc) is 2.28. The minimum atomic E-state index is -0.539. The molecular weight excluding hydrogens is 214 g/mol. The molecule has 0 N–H and O–H groups in total. The molecule has 0 amide bonds. The first kappa shape index (κ1) is 11.7. The quantitative estimate of drug-likeness (QED) is 0.783. The van der Waals surface area contributed by atoms with Crippen LogP contribution in [0.3, 0.4) is 0 Å². The topological polar surface area (TPSA) is 50.1 Å². The van der Waals surface area contributed by atoms with Gasteiger partial charge in [0.1, 0.15) is 11.4 Å². The lowest BCUT2D eigenvalue weighted by molar-refractivity contribution is 0.0240. The van der Waals surface area contributed by atoms with Crippen molar-refractivity contribution >= 4 is 5.78 Å². The summed E-state index contributed by atoms with van der Waals surface area (Å²) in [6.45, 7) is 3.81. The molecule has 2 rings (SSSR count). The molecule has 88 valence electrons. The summed E-state index contributed by atoms with van der Waals surface area (Å²) < 4.78 is 5.87. The Labute approximate surface area is 101 Å². The zero-order chi connectivity index (χ0) is 12.5. The molecule has 0 saturated carbocycles. The Kier molecular flexibility index (Phi) is 2.89. The number of rotatable bonds is 2. The Hall–Kier alpha value is -1.82. The van der Waals surface area contributed by atoms with Gasteiger partial charge >= 0.3 is 0 Å². The van der Waals surface area contributed by atoms with E-state index < -0.39 is 5.60 Å². The predicted molar refractivity (Wildman–Crippen MR) is 63.8 cm³/mol. The number of fused-ring (bicyclic) bond motifs is 1. The minimum absolute atomic E-state index is 0.0899. The van der Waals surface area contributed by atoms with Crippen molar-refractivity contribution in [2.45, 2.75) is 32.3 Å². The first-order chi connectivity index (χ1) is 8.06. The lowest BCUT2D eigenvalue weighted by Gasteiger charge is -2.38. The molecule has 1 heterocycles. The van der Waals surface area contributed by atoms with Crippen molar-refractivity contribution in [3.05, 3.63) is 29.8 Å². The van der Waals surface area contributed by atoms with Crippen molar-refractivity contribution in [1.82, 2.24) is 0 Å². The van der Waals surface area contributed by atoms with Crippen molar-refractivity contribution in [1.29, 1.82) is 5.26 Å². The highest BCUT2D eigenvalue weighted by Gasteiger charge is 2.42. The second-order valence-corrected chi connectivity index (χ2v) is 4.82. The standard InChI is InChI=1S/C14H15NO2/c1-14(2)11(7-5-9-15)13(16)10-6-3-4-8-12(10)17-14/h3-4,6,8,11H,5,7H2,1-2H3. The molecule has 1 unspecified atom stereocenters. The van der Waals surface area contributed by atoms with E-state index in [4.69, 9.17) is 10.00 Å². The Bertz CT molecular complexity index is 485. The van der Waals surface area contributed by atoms with E-state index in [1.165, 1.54) is 0 Å². The lowest BCUT2D eigenvalue weighted by Crippen LogP contribution is -2.45. The SMILES string of the molecule is CC1(C)Oc2ccccc2C(=O)C1CCC#N. The number of ketones is 1. The van der Waals surface area contributed by atoms with E-state index in [0.717, 1.165) is 0 Å². The van der Waals surface area contributed by atoms with E-state index in [-0.39, 0.29) is 11.7 Å². The molecule has 1 aromatic carbocycles. The Morgan fingerprint density at radius 1 is 1.41 bits per heavy atom. The number of hydrogen-bond donors (Lipinski definition) is 0. The number of para-hydroxylation sites is 1. The van der Waals surface area contributed by atoms with E-state index in [1.807, 2.05) is 32.0 Å². The van der Waals surface area contributed by atoms with Gasteiger partial charge in [-0.15, -0.1) is 0 Å². The zero-order valence-electron chi connectivity index (χ0n) is 10.1. The molecule has 0 spiro atoms. The molecule has 0 aliphatic carbocycles. The number of carbonyl (C=O) groups is 1. The second-order valence-electron chi connectivity index (χ2n) is 4.82. The van der Waals surface area contributed by atoms with Gasteiger partial charge in [-0.05, 0) is 32.4 Å². The molecule has 0 radical (unpaired) electrons. The van der Waals surface area contributed by atoms with Crippen LogP contribution in [0.15, 0.2) is 24.3 Å². The van der Waals surface area contributed by atoms with Crippen molar-refractivity contribution in [3.63, 3.8) is 0 Å². The van der Waals surface area contributed by atoms with Crippen LogP contribution in [0, 0.1) is 17.2 Å². The van der Waals surface area contributed by atoms with Crippen molar-refractivity contribution in [3.8, 4) is 11.8 Å². The molecule has 0 fully saturated rings. The van der Waals surface area contributed by atoms with Gasteiger partial charge in [0, 0.05) is 6.42 Å². The number of Topliss-reactive ketones (excluding diaryl/α,β-unsaturated/α-hetero) is 1. The highest BCUT2D eigenvalue weighted by Crippen LogP contribution is 2.38. The summed E-state index contributed by atoms with van der Waals surface area (Å²) >= 11 is 0. The maximum Gasteiger partial charge on any atom is 0.173 e. The zero-order valence-corrected chi connectivity index (χ0v) is 10.1. The maximum atomic E-state index is 12.3. The van der Waals surface area contributed by atoms with Gasteiger partial charge in [-0.1, -0.05) is 12.1 Å². The molecule has 1 atom stereocenters. The van der Waals surface area contributed by atoms with E-state index in [2.05, 4.69) is 6.07 Å². The van der Waals surface area contributed by atoms with Crippen molar-refractivity contribution in [2.24, 2.45) is 5.92 Å². The first-order valence-corrected chi connectivity index (χ1v) is 5.75. The molecular formula is C14H15NO2. The summed E-state index contributed by atoms with van der Waals surface area (Å²) in [5, 5.41) is 8.65. The molecule has 3 nitrogen and oxygen atoms in total. The summed E-state index contributed by atoms with van der Waals surface area (Å²) in [5.74, 6) is 0.500. The number of ether oxygens (including phenoxy) is 1. The minimum Gasteiger partial charge on any atom is -0.486 e. The highest BCUT2D eigenvalue weighted by molar-refractivity contribution is 6.02. The van der Waals surface area contributed by atoms with Gasteiger partial charge in [0.05, 0.1) is 17.6 Å². The number of benzene rings is 1. The van der Waals surface area contributed by atoms with Crippen LogP contribution in [0.1, 0.15) is 37.0 Å². The molecule has 17 heavy (non-hydrogen) atoms. The van der Waals surface area contributed by atoms with Crippen LogP contribution in [0.2, 0.25) is 0 Å². The summed E-state index contributed by atoms with van der Waals surface area (Å²) in [6.07, 6.45) is 0.933. The number of nitriles is 1. The van der Waals surface area contributed by atoms with Crippen LogP contribution in [-0.2, 0) is 0 Å². The molecule has 1 aliphatic rings.